The van der Waals surface area contributed by atoms with Gasteiger partial charge in [0.2, 0.25) is 5.91 Å². The lowest BCUT2D eigenvalue weighted by molar-refractivity contribution is -0.137. The minimum atomic E-state index is -4.53. The number of rotatable bonds is 6. The summed E-state index contributed by atoms with van der Waals surface area (Å²) in [6.07, 6.45) is -3.83. The largest absolute Gasteiger partial charge is 0.417 e. The Morgan fingerprint density at radius 1 is 1.15 bits per heavy atom. The van der Waals surface area contributed by atoms with Gasteiger partial charge in [-0.25, -0.2) is 9.37 Å². The monoisotopic (exact) mass is 409 g/mol. The maximum atomic E-state index is 13.0. The molecule has 26 heavy (non-hydrogen) atoms. The quantitative estimate of drug-likeness (QED) is 0.681. The molecule has 2 N–H and O–H groups in total. The Bertz CT molecular complexity index is 800. The summed E-state index contributed by atoms with van der Waals surface area (Å²) < 4.78 is 50.6. The fraction of sp³-hybridized carbons (Fsp3) is 0.250. The van der Waals surface area contributed by atoms with Crippen molar-refractivity contribution in [3.05, 3.63) is 57.5 Å². The van der Waals surface area contributed by atoms with Crippen LogP contribution in [0.5, 0.6) is 0 Å². The molecule has 0 aliphatic rings. The lowest BCUT2D eigenvalue weighted by Crippen LogP contribution is -2.25. The summed E-state index contributed by atoms with van der Waals surface area (Å²) >= 11 is 11.4. The molecule has 1 heterocycles. The first-order chi connectivity index (χ1) is 12.2. The standard InChI is InChI=1S/C16H13Cl2F4N3O/c17-11-5-9(1-2-13(11)19)7-24-14(26)3-4-23-15-12(18)6-10(8-25-15)16(20,21)22/h1-2,5-6,8H,3-4,7H2,(H,23,25)(H,24,26). The highest BCUT2D eigenvalue weighted by atomic mass is 35.5. The molecule has 0 aliphatic carbocycles. The number of alkyl halides is 3. The second-order valence-corrected chi connectivity index (χ2v) is 6.07. The predicted octanol–water partition coefficient (Wildman–Crippen LogP) is 4.66. The van der Waals surface area contributed by atoms with E-state index in [1.54, 1.807) is 0 Å². The molecule has 0 unspecified atom stereocenters. The van der Waals surface area contributed by atoms with Crippen LogP contribution in [0, 0.1) is 5.82 Å². The predicted molar refractivity (Wildman–Crippen MR) is 90.6 cm³/mol. The third-order valence-electron chi connectivity index (χ3n) is 3.29. The molecule has 1 aromatic heterocycles. The molecule has 0 spiro atoms. The van der Waals surface area contributed by atoms with Crippen LogP contribution < -0.4 is 10.6 Å². The topological polar surface area (TPSA) is 54.0 Å². The smallest absolute Gasteiger partial charge is 0.368 e. The number of benzene rings is 1. The summed E-state index contributed by atoms with van der Waals surface area (Å²) in [5.74, 6) is -0.814. The normalized spacial score (nSPS) is 11.3. The highest BCUT2D eigenvalue weighted by Crippen LogP contribution is 2.32. The van der Waals surface area contributed by atoms with Gasteiger partial charge in [-0.15, -0.1) is 0 Å². The molecular formula is C16H13Cl2F4N3O. The van der Waals surface area contributed by atoms with E-state index in [2.05, 4.69) is 15.6 Å². The van der Waals surface area contributed by atoms with Crippen LogP contribution >= 0.6 is 23.2 Å². The molecule has 0 bridgehead atoms. The second-order valence-electron chi connectivity index (χ2n) is 5.25. The molecule has 0 atom stereocenters. The summed E-state index contributed by atoms with van der Waals surface area (Å²) in [6, 6.07) is 4.85. The number of carbonyl (C=O) groups excluding carboxylic acids is 1. The summed E-state index contributed by atoms with van der Waals surface area (Å²) in [5.41, 5.74) is -0.325. The molecule has 0 saturated carbocycles. The zero-order valence-corrected chi connectivity index (χ0v) is 14.6. The van der Waals surface area contributed by atoms with Crippen LogP contribution in [-0.4, -0.2) is 17.4 Å². The van der Waals surface area contributed by atoms with Crippen molar-refractivity contribution in [3.63, 3.8) is 0 Å². The molecule has 4 nitrogen and oxygen atoms in total. The van der Waals surface area contributed by atoms with E-state index in [1.165, 1.54) is 18.2 Å². The van der Waals surface area contributed by atoms with Gasteiger partial charge in [0, 0.05) is 25.7 Å². The number of carbonyl (C=O) groups is 1. The average molecular weight is 410 g/mol. The van der Waals surface area contributed by atoms with Crippen molar-refractivity contribution in [1.82, 2.24) is 10.3 Å². The highest BCUT2D eigenvalue weighted by Gasteiger charge is 2.31. The number of nitrogens with zero attached hydrogens (tertiary/aromatic N) is 1. The minimum Gasteiger partial charge on any atom is -0.368 e. The molecule has 2 rings (SSSR count). The second kappa shape index (κ2) is 8.55. The van der Waals surface area contributed by atoms with E-state index in [1.807, 2.05) is 0 Å². The zero-order valence-electron chi connectivity index (χ0n) is 13.1. The number of nitrogens with one attached hydrogen (secondary N) is 2. The summed E-state index contributed by atoms with van der Waals surface area (Å²) in [7, 11) is 0. The van der Waals surface area contributed by atoms with E-state index in [9.17, 15) is 22.4 Å². The van der Waals surface area contributed by atoms with Gasteiger partial charge in [-0.2, -0.15) is 13.2 Å². The Morgan fingerprint density at radius 2 is 1.88 bits per heavy atom. The van der Waals surface area contributed by atoms with E-state index in [4.69, 9.17) is 23.2 Å². The fourth-order valence-corrected chi connectivity index (χ4v) is 2.39. The van der Waals surface area contributed by atoms with Gasteiger partial charge < -0.3 is 10.6 Å². The van der Waals surface area contributed by atoms with Crippen molar-refractivity contribution in [2.24, 2.45) is 0 Å². The van der Waals surface area contributed by atoms with Gasteiger partial charge in [0.05, 0.1) is 15.6 Å². The Morgan fingerprint density at radius 3 is 2.50 bits per heavy atom. The molecule has 2 aromatic rings. The Hall–Kier alpha value is -2.06. The fourth-order valence-electron chi connectivity index (χ4n) is 1.96. The third kappa shape index (κ3) is 5.74. The maximum absolute atomic E-state index is 13.0. The van der Waals surface area contributed by atoms with Crippen molar-refractivity contribution in [1.29, 1.82) is 0 Å². The first-order valence-electron chi connectivity index (χ1n) is 7.34. The van der Waals surface area contributed by atoms with Crippen LogP contribution in [0.25, 0.3) is 0 Å². The number of hydrogen-bond donors (Lipinski definition) is 2. The molecule has 0 fully saturated rings. The summed E-state index contributed by atoms with van der Waals surface area (Å²) in [5, 5.41) is 5.07. The van der Waals surface area contributed by atoms with E-state index >= 15 is 0 Å². The molecule has 140 valence electrons. The third-order valence-corrected chi connectivity index (χ3v) is 3.86. The molecule has 10 heteroatoms. The van der Waals surface area contributed by atoms with Crippen molar-refractivity contribution < 1.29 is 22.4 Å². The van der Waals surface area contributed by atoms with Gasteiger partial charge >= 0.3 is 6.18 Å². The minimum absolute atomic E-state index is 0.0357. The van der Waals surface area contributed by atoms with Crippen molar-refractivity contribution in [3.8, 4) is 0 Å². The number of pyridine rings is 1. The molecule has 1 amide bonds. The van der Waals surface area contributed by atoms with E-state index in [0.717, 1.165) is 6.07 Å². The van der Waals surface area contributed by atoms with Crippen molar-refractivity contribution >= 4 is 34.9 Å². The molecule has 1 aromatic carbocycles. The van der Waals surface area contributed by atoms with Crippen LogP contribution in [0.15, 0.2) is 30.5 Å². The van der Waals surface area contributed by atoms with Crippen LogP contribution in [-0.2, 0) is 17.5 Å². The van der Waals surface area contributed by atoms with Crippen LogP contribution in [0.2, 0.25) is 10.0 Å². The number of hydrogen-bond acceptors (Lipinski definition) is 3. The number of anilines is 1. The highest BCUT2D eigenvalue weighted by molar-refractivity contribution is 6.33. The van der Waals surface area contributed by atoms with Crippen LogP contribution in [0.3, 0.4) is 0 Å². The van der Waals surface area contributed by atoms with Crippen molar-refractivity contribution in [2.45, 2.75) is 19.1 Å². The van der Waals surface area contributed by atoms with Gasteiger partial charge in [0.1, 0.15) is 11.6 Å². The zero-order chi connectivity index (χ0) is 19.3. The van der Waals surface area contributed by atoms with Crippen molar-refractivity contribution in [2.75, 3.05) is 11.9 Å². The lowest BCUT2D eigenvalue weighted by Gasteiger charge is -2.11. The molecule has 0 saturated heterocycles. The first kappa shape index (κ1) is 20.3. The maximum Gasteiger partial charge on any atom is 0.417 e. The molecule has 0 aliphatic heterocycles. The first-order valence-corrected chi connectivity index (χ1v) is 8.09. The Kier molecular flexibility index (Phi) is 6.66. The molecule has 0 radical (unpaired) electrons. The SMILES string of the molecule is O=C(CCNc1ncc(C(F)(F)F)cc1Cl)NCc1ccc(F)c(Cl)c1. The number of amides is 1. The summed E-state index contributed by atoms with van der Waals surface area (Å²) in [4.78, 5) is 15.4. The Balaban J connectivity index is 1.80. The van der Waals surface area contributed by atoms with Gasteiger partial charge in [-0.3, -0.25) is 4.79 Å². The van der Waals surface area contributed by atoms with Gasteiger partial charge in [-0.05, 0) is 23.8 Å². The summed E-state index contributed by atoms with van der Waals surface area (Å²) in [6.45, 7) is 0.284. The number of halogens is 6. The van der Waals surface area contributed by atoms with Crippen LogP contribution in [0.1, 0.15) is 17.5 Å². The molecular weight excluding hydrogens is 397 g/mol. The van der Waals surface area contributed by atoms with Gasteiger partial charge in [-0.1, -0.05) is 29.3 Å². The van der Waals surface area contributed by atoms with E-state index in [-0.39, 0.29) is 41.3 Å². The number of aromatic nitrogens is 1. The lowest BCUT2D eigenvalue weighted by atomic mass is 10.2. The van der Waals surface area contributed by atoms with Gasteiger partial charge in [0.25, 0.3) is 0 Å². The van der Waals surface area contributed by atoms with Crippen LogP contribution in [0.4, 0.5) is 23.4 Å². The van der Waals surface area contributed by atoms with Gasteiger partial charge in [0.15, 0.2) is 0 Å². The van der Waals surface area contributed by atoms with E-state index < -0.39 is 17.6 Å². The Labute approximate surface area is 156 Å². The van der Waals surface area contributed by atoms with E-state index in [0.29, 0.717) is 11.8 Å². The average Bonchev–Trinajstić information content (AvgIpc) is 2.56.